The Balaban J connectivity index is 1.47. The number of hydrogen-bond acceptors (Lipinski definition) is 3. The van der Waals surface area contributed by atoms with Crippen molar-refractivity contribution in [2.75, 3.05) is 0 Å². The molecule has 6 heteroatoms. The van der Waals surface area contributed by atoms with Gasteiger partial charge in [0, 0.05) is 16.7 Å². The minimum absolute atomic E-state index is 0.240. The van der Waals surface area contributed by atoms with Gasteiger partial charge in [0.1, 0.15) is 11.5 Å². The Morgan fingerprint density at radius 3 is 2.43 bits per heavy atom. The first kappa shape index (κ1) is 21.8. The maximum atomic E-state index is 12.1. The maximum Gasteiger partial charge on any atom is 0.250 e. The highest BCUT2D eigenvalue weighted by Gasteiger charge is 2.06. The van der Waals surface area contributed by atoms with Crippen LogP contribution in [-0.2, 0) is 11.3 Å². The van der Waals surface area contributed by atoms with Gasteiger partial charge in [0.2, 0.25) is 5.91 Å². The molecule has 4 nitrogen and oxygen atoms in total. The molecular weight excluding hydrogens is 416 g/mol. The molecule has 0 saturated heterocycles. The van der Waals surface area contributed by atoms with Gasteiger partial charge in [-0.15, -0.1) is 0 Å². The molecular formula is C24H23ClN2O2S. The predicted octanol–water partition coefficient (Wildman–Crippen LogP) is 5.93. The summed E-state index contributed by atoms with van der Waals surface area (Å²) >= 11 is 11.1. The summed E-state index contributed by atoms with van der Waals surface area (Å²) in [5.41, 5.74) is 3.16. The van der Waals surface area contributed by atoms with E-state index >= 15 is 0 Å². The second-order valence-corrected chi connectivity index (χ2v) is 7.94. The van der Waals surface area contributed by atoms with Gasteiger partial charge in [0.05, 0.1) is 6.54 Å². The molecule has 1 amide bonds. The van der Waals surface area contributed by atoms with E-state index in [1.54, 1.807) is 6.08 Å². The van der Waals surface area contributed by atoms with Crippen molar-refractivity contribution in [1.82, 2.24) is 10.6 Å². The van der Waals surface area contributed by atoms with Gasteiger partial charge < -0.3 is 9.73 Å². The highest BCUT2D eigenvalue weighted by atomic mass is 35.5. The van der Waals surface area contributed by atoms with Crippen LogP contribution in [-0.4, -0.2) is 11.0 Å². The SMILES string of the molecule is CC(C)c1ccc(/C=C/C(=O)NC(=S)NCc2ccc(-c3ccc(Cl)cc3)o2)cc1. The monoisotopic (exact) mass is 438 g/mol. The quantitative estimate of drug-likeness (QED) is 0.370. The molecule has 0 spiro atoms. The van der Waals surface area contributed by atoms with Crippen molar-refractivity contribution in [2.45, 2.75) is 26.3 Å². The van der Waals surface area contributed by atoms with Crippen LogP contribution in [0.4, 0.5) is 0 Å². The lowest BCUT2D eigenvalue weighted by Gasteiger charge is -2.07. The van der Waals surface area contributed by atoms with Crippen LogP contribution < -0.4 is 10.6 Å². The van der Waals surface area contributed by atoms with E-state index in [2.05, 4.69) is 36.6 Å². The molecule has 3 rings (SSSR count). The largest absolute Gasteiger partial charge is 0.459 e. The molecule has 30 heavy (non-hydrogen) atoms. The average molecular weight is 439 g/mol. The second-order valence-electron chi connectivity index (χ2n) is 7.10. The highest BCUT2D eigenvalue weighted by molar-refractivity contribution is 7.80. The van der Waals surface area contributed by atoms with Gasteiger partial charge in [0.25, 0.3) is 0 Å². The second kappa shape index (κ2) is 10.2. The van der Waals surface area contributed by atoms with Crippen molar-refractivity contribution in [1.29, 1.82) is 0 Å². The standard InChI is InChI=1S/C24H23ClN2O2S/c1-16(2)18-6-3-17(4-7-18)5-14-23(28)27-24(30)26-15-21-12-13-22(29-21)19-8-10-20(25)11-9-19/h3-14,16H,15H2,1-2H3,(H2,26,27,28,30)/b14-5+. The number of benzene rings is 2. The molecule has 0 saturated carbocycles. The van der Waals surface area contributed by atoms with E-state index in [-0.39, 0.29) is 11.0 Å². The first-order chi connectivity index (χ1) is 14.4. The van der Waals surface area contributed by atoms with Crippen molar-refractivity contribution in [3.63, 3.8) is 0 Å². The van der Waals surface area contributed by atoms with Crippen LogP contribution in [0, 0.1) is 0 Å². The third kappa shape index (κ3) is 6.31. The number of rotatable bonds is 6. The number of carbonyl (C=O) groups excluding carboxylic acids is 1. The lowest BCUT2D eigenvalue weighted by atomic mass is 10.0. The summed E-state index contributed by atoms with van der Waals surface area (Å²) in [4.78, 5) is 12.1. The fourth-order valence-electron chi connectivity index (χ4n) is 2.77. The normalized spacial score (nSPS) is 11.1. The van der Waals surface area contributed by atoms with Crippen LogP contribution in [0.5, 0.6) is 0 Å². The van der Waals surface area contributed by atoms with Gasteiger partial charge in [0.15, 0.2) is 5.11 Å². The molecule has 154 valence electrons. The minimum atomic E-state index is -0.290. The van der Waals surface area contributed by atoms with Crippen molar-refractivity contribution in [2.24, 2.45) is 0 Å². The number of hydrogen-bond donors (Lipinski definition) is 2. The van der Waals surface area contributed by atoms with Crippen molar-refractivity contribution in [3.8, 4) is 11.3 Å². The zero-order valence-corrected chi connectivity index (χ0v) is 18.4. The summed E-state index contributed by atoms with van der Waals surface area (Å²) in [6.45, 7) is 4.66. The molecule has 0 aliphatic rings. The fourth-order valence-corrected chi connectivity index (χ4v) is 3.07. The summed E-state index contributed by atoms with van der Waals surface area (Å²) in [5.74, 6) is 1.63. The molecule has 3 aromatic rings. The Bertz CT molecular complexity index is 1040. The fraction of sp³-hybridized carbons (Fsp3) is 0.167. The summed E-state index contributed by atoms with van der Waals surface area (Å²) in [5, 5.41) is 6.52. The molecule has 0 aliphatic carbocycles. The van der Waals surface area contributed by atoms with Gasteiger partial charge in [-0.2, -0.15) is 0 Å². The van der Waals surface area contributed by atoms with Crippen LogP contribution in [0.25, 0.3) is 17.4 Å². The number of thiocarbonyl (C=S) groups is 1. The third-order valence-electron chi connectivity index (χ3n) is 4.48. The number of carbonyl (C=O) groups is 1. The maximum absolute atomic E-state index is 12.1. The van der Waals surface area contributed by atoms with Crippen molar-refractivity contribution >= 4 is 40.9 Å². The van der Waals surface area contributed by atoms with E-state index < -0.39 is 0 Å². The minimum Gasteiger partial charge on any atom is -0.459 e. The molecule has 0 unspecified atom stereocenters. The van der Waals surface area contributed by atoms with E-state index in [0.29, 0.717) is 23.2 Å². The zero-order valence-electron chi connectivity index (χ0n) is 16.8. The predicted molar refractivity (Wildman–Crippen MR) is 126 cm³/mol. The Hall–Kier alpha value is -2.89. The third-order valence-corrected chi connectivity index (χ3v) is 4.98. The Morgan fingerprint density at radius 2 is 1.77 bits per heavy atom. The Labute approximate surface area is 186 Å². The molecule has 2 N–H and O–H groups in total. The van der Waals surface area contributed by atoms with E-state index in [1.165, 1.54) is 11.6 Å². The number of furan rings is 1. The van der Waals surface area contributed by atoms with Gasteiger partial charge in [-0.05, 0) is 71.7 Å². The van der Waals surface area contributed by atoms with Crippen LogP contribution in [0.3, 0.4) is 0 Å². The molecule has 0 fully saturated rings. The topological polar surface area (TPSA) is 54.3 Å². The van der Waals surface area contributed by atoms with Crippen LogP contribution in [0.2, 0.25) is 5.02 Å². The van der Waals surface area contributed by atoms with E-state index in [9.17, 15) is 4.79 Å². The van der Waals surface area contributed by atoms with Crippen molar-refractivity contribution < 1.29 is 9.21 Å². The zero-order chi connectivity index (χ0) is 21.5. The summed E-state index contributed by atoms with van der Waals surface area (Å²) < 4.78 is 5.80. The number of halogens is 1. The van der Waals surface area contributed by atoms with E-state index in [1.807, 2.05) is 48.5 Å². The molecule has 1 heterocycles. The molecule has 0 radical (unpaired) electrons. The summed E-state index contributed by atoms with van der Waals surface area (Å²) in [6, 6.07) is 19.3. The average Bonchev–Trinajstić information content (AvgIpc) is 3.20. The summed E-state index contributed by atoms with van der Waals surface area (Å²) in [7, 11) is 0. The van der Waals surface area contributed by atoms with Gasteiger partial charge in [-0.3, -0.25) is 10.1 Å². The van der Waals surface area contributed by atoms with Crippen LogP contribution >= 0.6 is 23.8 Å². The Kier molecular flexibility index (Phi) is 7.44. The molecule has 0 aliphatic heterocycles. The molecule has 0 bridgehead atoms. The first-order valence-electron chi connectivity index (χ1n) is 9.62. The number of nitrogens with one attached hydrogen (secondary N) is 2. The molecule has 0 atom stereocenters. The first-order valence-corrected chi connectivity index (χ1v) is 10.4. The lowest BCUT2D eigenvalue weighted by molar-refractivity contribution is -0.115. The van der Waals surface area contributed by atoms with Crippen molar-refractivity contribution in [3.05, 3.63) is 88.6 Å². The van der Waals surface area contributed by atoms with Gasteiger partial charge >= 0.3 is 0 Å². The van der Waals surface area contributed by atoms with E-state index in [4.69, 9.17) is 28.2 Å². The van der Waals surface area contributed by atoms with Gasteiger partial charge in [-0.1, -0.05) is 49.7 Å². The lowest BCUT2D eigenvalue weighted by Crippen LogP contribution is -2.37. The summed E-state index contributed by atoms with van der Waals surface area (Å²) in [6.07, 6.45) is 3.22. The molecule has 1 aromatic heterocycles. The Morgan fingerprint density at radius 1 is 1.07 bits per heavy atom. The smallest absolute Gasteiger partial charge is 0.250 e. The van der Waals surface area contributed by atoms with Crippen LogP contribution in [0.15, 0.2) is 71.2 Å². The number of amides is 1. The van der Waals surface area contributed by atoms with Gasteiger partial charge in [-0.25, -0.2) is 0 Å². The molecule has 2 aromatic carbocycles. The highest BCUT2D eigenvalue weighted by Crippen LogP contribution is 2.23. The van der Waals surface area contributed by atoms with Crippen LogP contribution in [0.1, 0.15) is 36.7 Å². The van der Waals surface area contributed by atoms with E-state index in [0.717, 1.165) is 16.9 Å².